The van der Waals surface area contributed by atoms with Crippen LogP contribution in [-0.4, -0.2) is 31.1 Å². The van der Waals surface area contributed by atoms with Crippen LogP contribution in [0.4, 0.5) is 0 Å². The van der Waals surface area contributed by atoms with Gasteiger partial charge in [0.2, 0.25) is 0 Å². The minimum atomic E-state index is -3.47. The third kappa shape index (κ3) is 3.85. The third-order valence-electron chi connectivity index (χ3n) is 3.73. The van der Waals surface area contributed by atoms with Gasteiger partial charge in [-0.1, -0.05) is 19.1 Å². The van der Waals surface area contributed by atoms with Gasteiger partial charge in [-0.05, 0) is 31.7 Å². The molecule has 0 spiro atoms. The Balaban J connectivity index is 2.22. The third-order valence-corrected chi connectivity index (χ3v) is 5.44. The van der Waals surface area contributed by atoms with Gasteiger partial charge in [0, 0.05) is 12.2 Å². The van der Waals surface area contributed by atoms with Crippen molar-refractivity contribution in [2.45, 2.75) is 43.5 Å². The molecule has 1 heterocycles. The van der Waals surface area contributed by atoms with Crippen LogP contribution in [-0.2, 0) is 9.84 Å². The smallest absolute Gasteiger partial charge is 0.260 e. The van der Waals surface area contributed by atoms with Crippen molar-refractivity contribution in [2.75, 3.05) is 5.75 Å². The van der Waals surface area contributed by atoms with Gasteiger partial charge in [0.05, 0.1) is 10.6 Å². The molecule has 1 aliphatic rings. The first-order valence-electron chi connectivity index (χ1n) is 7.35. The molecule has 2 rings (SSSR count). The summed E-state index contributed by atoms with van der Waals surface area (Å²) < 4.78 is 23.7. The number of hydrogen-bond donors (Lipinski definition) is 2. The van der Waals surface area contributed by atoms with Gasteiger partial charge < -0.3 is 10.3 Å². The first-order valence-corrected chi connectivity index (χ1v) is 9.00. The summed E-state index contributed by atoms with van der Waals surface area (Å²) in [6, 6.07) is 1.15. The van der Waals surface area contributed by atoms with Crippen molar-refractivity contribution in [1.82, 2.24) is 10.3 Å². The van der Waals surface area contributed by atoms with Crippen LogP contribution in [0.3, 0.4) is 0 Å². The summed E-state index contributed by atoms with van der Waals surface area (Å²) in [6.45, 7) is 1.51. The summed E-state index contributed by atoms with van der Waals surface area (Å²) in [5.41, 5.74) is -0.744. The molecular formula is C15H20N2O4S. The highest BCUT2D eigenvalue weighted by Gasteiger charge is 2.20. The molecular weight excluding hydrogens is 304 g/mol. The topological polar surface area (TPSA) is 96.1 Å². The Kier molecular flexibility index (Phi) is 5.18. The van der Waals surface area contributed by atoms with Crippen LogP contribution in [0.15, 0.2) is 34.1 Å². The minimum absolute atomic E-state index is 0.00617. The Morgan fingerprint density at radius 2 is 1.95 bits per heavy atom. The Labute approximate surface area is 129 Å². The first kappa shape index (κ1) is 16.5. The molecule has 0 atom stereocenters. The standard InChI is InChI=1S/C15H20N2O4S/c1-2-22(20,21)12-9-13(14(18)16-10-12)15(19)17-11-7-5-3-4-6-8-11/h3-4,9-11H,2,5-8H2,1H3,(H,16,18)(H,17,19). The van der Waals surface area contributed by atoms with E-state index >= 15 is 0 Å². The number of pyridine rings is 1. The largest absolute Gasteiger partial charge is 0.349 e. The van der Waals surface area contributed by atoms with E-state index in [1.54, 1.807) is 0 Å². The lowest BCUT2D eigenvalue weighted by Gasteiger charge is -2.16. The van der Waals surface area contributed by atoms with E-state index < -0.39 is 21.3 Å². The average molecular weight is 324 g/mol. The maximum atomic E-state index is 12.3. The minimum Gasteiger partial charge on any atom is -0.349 e. The van der Waals surface area contributed by atoms with E-state index in [0.29, 0.717) is 0 Å². The van der Waals surface area contributed by atoms with E-state index in [9.17, 15) is 18.0 Å². The van der Waals surface area contributed by atoms with Gasteiger partial charge >= 0.3 is 0 Å². The number of sulfone groups is 1. The Morgan fingerprint density at radius 1 is 1.32 bits per heavy atom. The van der Waals surface area contributed by atoms with Gasteiger partial charge in [-0.25, -0.2) is 8.42 Å². The van der Waals surface area contributed by atoms with Crippen molar-refractivity contribution in [3.05, 3.63) is 40.3 Å². The number of nitrogens with one attached hydrogen (secondary N) is 2. The van der Waals surface area contributed by atoms with Gasteiger partial charge in [0.15, 0.2) is 9.84 Å². The number of H-pyrrole nitrogens is 1. The highest BCUT2D eigenvalue weighted by molar-refractivity contribution is 7.91. The quantitative estimate of drug-likeness (QED) is 0.818. The average Bonchev–Trinajstić information content (AvgIpc) is 2.76. The zero-order valence-corrected chi connectivity index (χ0v) is 13.3. The molecule has 1 aromatic rings. The summed E-state index contributed by atoms with van der Waals surface area (Å²) >= 11 is 0. The van der Waals surface area contributed by atoms with Crippen LogP contribution < -0.4 is 10.9 Å². The molecule has 0 aromatic carbocycles. The first-order chi connectivity index (χ1) is 10.4. The van der Waals surface area contributed by atoms with E-state index in [1.807, 2.05) is 0 Å². The van der Waals surface area contributed by atoms with E-state index in [-0.39, 0.29) is 22.3 Å². The second kappa shape index (κ2) is 6.91. The molecule has 2 N–H and O–H groups in total. The molecule has 0 aliphatic heterocycles. The van der Waals surface area contributed by atoms with Gasteiger partial charge in [-0.2, -0.15) is 0 Å². The van der Waals surface area contributed by atoms with Crippen molar-refractivity contribution in [3.63, 3.8) is 0 Å². The van der Waals surface area contributed by atoms with Crippen LogP contribution in [0.25, 0.3) is 0 Å². The molecule has 0 bridgehead atoms. The van der Waals surface area contributed by atoms with Crippen molar-refractivity contribution < 1.29 is 13.2 Å². The SMILES string of the molecule is CCS(=O)(=O)c1c[nH]c(=O)c(C(=O)NC2CCC=CCC2)c1. The predicted molar refractivity (Wildman–Crippen MR) is 83.7 cm³/mol. The highest BCUT2D eigenvalue weighted by Crippen LogP contribution is 2.13. The number of rotatable bonds is 4. The molecule has 7 heteroatoms. The fourth-order valence-corrected chi connectivity index (χ4v) is 3.23. The van der Waals surface area contributed by atoms with Crippen molar-refractivity contribution >= 4 is 15.7 Å². The Hall–Kier alpha value is -1.89. The van der Waals surface area contributed by atoms with E-state index in [2.05, 4.69) is 22.5 Å². The molecule has 1 amide bonds. The predicted octanol–water partition coefficient (Wildman–Crippen LogP) is 1.40. The maximum absolute atomic E-state index is 12.3. The van der Waals surface area contributed by atoms with Crippen LogP contribution in [0.1, 0.15) is 43.0 Å². The number of carbonyl (C=O) groups excluding carboxylic acids is 1. The lowest BCUT2D eigenvalue weighted by atomic mass is 10.1. The monoisotopic (exact) mass is 324 g/mol. The molecule has 0 unspecified atom stereocenters. The Morgan fingerprint density at radius 3 is 2.55 bits per heavy atom. The van der Waals surface area contributed by atoms with Crippen LogP contribution in [0.2, 0.25) is 0 Å². The van der Waals surface area contributed by atoms with Gasteiger partial charge in [0.1, 0.15) is 5.56 Å². The number of amides is 1. The van der Waals surface area contributed by atoms with Crippen molar-refractivity contribution in [2.24, 2.45) is 0 Å². The number of hydrogen-bond acceptors (Lipinski definition) is 4. The van der Waals surface area contributed by atoms with Crippen molar-refractivity contribution in [3.8, 4) is 0 Å². The fourth-order valence-electron chi connectivity index (χ4n) is 2.36. The lowest BCUT2D eigenvalue weighted by molar-refractivity contribution is 0.0932. The highest BCUT2D eigenvalue weighted by atomic mass is 32.2. The van der Waals surface area contributed by atoms with Gasteiger partial charge in [0.25, 0.3) is 11.5 Å². The second-order valence-corrected chi connectivity index (χ2v) is 7.56. The fraction of sp³-hybridized carbons (Fsp3) is 0.467. The van der Waals surface area contributed by atoms with Gasteiger partial charge in [-0.15, -0.1) is 0 Å². The molecule has 22 heavy (non-hydrogen) atoms. The van der Waals surface area contributed by atoms with E-state index in [4.69, 9.17) is 0 Å². The van der Waals surface area contributed by atoms with Crippen LogP contribution >= 0.6 is 0 Å². The lowest BCUT2D eigenvalue weighted by Crippen LogP contribution is -2.37. The number of carbonyl (C=O) groups is 1. The number of aromatic nitrogens is 1. The molecule has 1 aliphatic carbocycles. The zero-order chi connectivity index (χ0) is 16.2. The molecule has 0 saturated heterocycles. The zero-order valence-electron chi connectivity index (χ0n) is 12.5. The molecule has 120 valence electrons. The number of allylic oxidation sites excluding steroid dienone is 2. The van der Waals surface area contributed by atoms with Crippen LogP contribution in [0.5, 0.6) is 0 Å². The molecule has 6 nitrogen and oxygen atoms in total. The Bertz CT molecular complexity index is 724. The molecule has 0 fully saturated rings. The van der Waals surface area contributed by atoms with Crippen molar-refractivity contribution in [1.29, 1.82) is 0 Å². The summed E-state index contributed by atoms with van der Waals surface area (Å²) in [6.07, 6.45) is 8.67. The normalized spacial score (nSPS) is 16.2. The van der Waals surface area contributed by atoms with Crippen LogP contribution in [0, 0.1) is 0 Å². The molecule has 1 aromatic heterocycles. The summed E-state index contributed by atoms with van der Waals surface area (Å²) in [7, 11) is -3.47. The summed E-state index contributed by atoms with van der Waals surface area (Å²) in [4.78, 5) is 26.4. The molecule has 0 saturated carbocycles. The van der Waals surface area contributed by atoms with Gasteiger partial charge in [-0.3, -0.25) is 9.59 Å². The summed E-state index contributed by atoms with van der Waals surface area (Å²) in [5, 5.41) is 2.82. The van der Waals surface area contributed by atoms with E-state index in [1.165, 1.54) is 6.92 Å². The number of aromatic amines is 1. The van der Waals surface area contributed by atoms with E-state index in [0.717, 1.165) is 37.9 Å². The maximum Gasteiger partial charge on any atom is 0.260 e. The second-order valence-electron chi connectivity index (χ2n) is 5.28. The summed E-state index contributed by atoms with van der Waals surface area (Å²) in [5.74, 6) is -0.615. The molecule has 0 radical (unpaired) electrons.